The lowest BCUT2D eigenvalue weighted by molar-refractivity contribution is -0.142. The van der Waals surface area contributed by atoms with Crippen molar-refractivity contribution >= 4 is 11.8 Å². The fraction of sp³-hybridized carbons (Fsp3) is 0.857. The van der Waals surface area contributed by atoms with Gasteiger partial charge in [0.05, 0.1) is 5.92 Å². The van der Waals surface area contributed by atoms with E-state index in [9.17, 15) is 9.59 Å². The summed E-state index contributed by atoms with van der Waals surface area (Å²) in [6.45, 7) is 6.07. The van der Waals surface area contributed by atoms with Crippen LogP contribution in [0.3, 0.4) is 0 Å². The minimum absolute atomic E-state index is 0.0307. The molecule has 0 aromatic rings. The van der Waals surface area contributed by atoms with Crippen molar-refractivity contribution in [1.82, 2.24) is 9.80 Å². The fourth-order valence-corrected chi connectivity index (χ4v) is 3.12. The molecule has 4 nitrogen and oxygen atoms in total. The molecule has 18 heavy (non-hydrogen) atoms. The second-order valence-corrected chi connectivity index (χ2v) is 5.68. The van der Waals surface area contributed by atoms with Crippen molar-refractivity contribution < 1.29 is 9.59 Å². The topological polar surface area (TPSA) is 40.6 Å². The molecule has 0 bridgehead atoms. The van der Waals surface area contributed by atoms with Gasteiger partial charge in [-0.1, -0.05) is 0 Å². The highest BCUT2D eigenvalue weighted by Crippen LogP contribution is 2.23. The summed E-state index contributed by atoms with van der Waals surface area (Å²) < 4.78 is 0. The number of hydrogen-bond donors (Lipinski definition) is 0. The lowest BCUT2D eigenvalue weighted by atomic mass is 9.94. The summed E-state index contributed by atoms with van der Waals surface area (Å²) in [5, 5.41) is 0. The van der Waals surface area contributed by atoms with Crippen LogP contribution in [0, 0.1) is 5.92 Å². The van der Waals surface area contributed by atoms with Gasteiger partial charge in [0.25, 0.3) is 0 Å². The molecule has 4 heteroatoms. The van der Waals surface area contributed by atoms with Crippen LogP contribution in [0.2, 0.25) is 0 Å². The first kappa shape index (κ1) is 13.4. The summed E-state index contributed by atoms with van der Waals surface area (Å²) in [4.78, 5) is 27.8. The Labute approximate surface area is 109 Å². The first-order valence-corrected chi connectivity index (χ1v) is 7.15. The van der Waals surface area contributed by atoms with Gasteiger partial charge in [0.15, 0.2) is 0 Å². The standard InChI is InChI=1S/C14H24N2O2/c1-11-6-3-4-9-16(11)14(18)13-7-5-8-15(10-13)12(2)17/h11,13H,3-10H2,1-2H3. The monoisotopic (exact) mass is 252 g/mol. The molecule has 102 valence electrons. The molecular weight excluding hydrogens is 228 g/mol. The van der Waals surface area contributed by atoms with Gasteiger partial charge in [-0.05, 0) is 39.0 Å². The predicted molar refractivity (Wildman–Crippen MR) is 70.0 cm³/mol. The third-order valence-electron chi connectivity index (χ3n) is 4.30. The summed E-state index contributed by atoms with van der Waals surface area (Å²) in [5.74, 6) is 0.399. The number of hydrogen-bond acceptors (Lipinski definition) is 2. The van der Waals surface area contributed by atoms with E-state index in [1.807, 2.05) is 9.80 Å². The summed E-state index contributed by atoms with van der Waals surface area (Å²) in [7, 11) is 0. The van der Waals surface area contributed by atoms with Gasteiger partial charge < -0.3 is 9.80 Å². The van der Waals surface area contributed by atoms with Crippen LogP contribution < -0.4 is 0 Å². The van der Waals surface area contributed by atoms with Crippen molar-refractivity contribution in [3.63, 3.8) is 0 Å². The summed E-state index contributed by atoms with van der Waals surface area (Å²) in [5.41, 5.74) is 0. The van der Waals surface area contributed by atoms with Gasteiger partial charge >= 0.3 is 0 Å². The van der Waals surface area contributed by atoms with Crippen LogP contribution in [-0.4, -0.2) is 47.3 Å². The number of rotatable bonds is 1. The van der Waals surface area contributed by atoms with E-state index < -0.39 is 0 Å². The molecule has 0 spiro atoms. The van der Waals surface area contributed by atoms with Gasteiger partial charge in [-0.25, -0.2) is 0 Å². The normalized spacial score (nSPS) is 29.2. The van der Waals surface area contributed by atoms with Crippen LogP contribution in [-0.2, 0) is 9.59 Å². The van der Waals surface area contributed by atoms with Gasteiger partial charge in [0, 0.05) is 32.6 Å². The molecule has 0 radical (unpaired) electrons. The Morgan fingerprint density at radius 2 is 1.83 bits per heavy atom. The Bertz CT molecular complexity index is 330. The lowest BCUT2D eigenvalue weighted by Gasteiger charge is -2.39. The highest BCUT2D eigenvalue weighted by molar-refractivity contribution is 5.81. The number of nitrogens with zero attached hydrogens (tertiary/aromatic N) is 2. The Kier molecular flexibility index (Phi) is 4.25. The molecule has 2 saturated heterocycles. The minimum atomic E-state index is 0.0307. The first-order valence-electron chi connectivity index (χ1n) is 7.15. The highest BCUT2D eigenvalue weighted by Gasteiger charge is 2.32. The zero-order valence-corrected chi connectivity index (χ0v) is 11.5. The van der Waals surface area contributed by atoms with Crippen LogP contribution in [0.5, 0.6) is 0 Å². The van der Waals surface area contributed by atoms with Gasteiger partial charge in [0.2, 0.25) is 11.8 Å². The Hall–Kier alpha value is -1.06. The van der Waals surface area contributed by atoms with Gasteiger partial charge in [-0.15, -0.1) is 0 Å². The molecule has 0 aliphatic carbocycles. The maximum Gasteiger partial charge on any atom is 0.227 e. The number of piperidine rings is 2. The van der Waals surface area contributed by atoms with E-state index in [1.165, 1.54) is 6.42 Å². The fourth-order valence-electron chi connectivity index (χ4n) is 3.12. The van der Waals surface area contributed by atoms with Crippen molar-refractivity contribution in [2.75, 3.05) is 19.6 Å². The van der Waals surface area contributed by atoms with Crippen molar-refractivity contribution in [1.29, 1.82) is 0 Å². The minimum Gasteiger partial charge on any atom is -0.342 e. The summed E-state index contributed by atoms with van der Waals surface area (Å²) in [6.07, 6.45) is 5.37. The molecule has 2 aliphatic heterocycles. The molecule has 2 unspecified atom stereocenters. The molecular formula is C14H24N2O2. The molecule has 0 saturated carbocycles. The van der Waals surface area contributed by atoms with Crippen molar-refractivity contribution in [3.8, 4) is 0 Å². The van der Waals surface area contributed by atoms with E-state index in [0.717, 1.165) is 38.8 Å². The average molecular weight is 252 g/mol. The average Bonchev–Trinajstić information content (AvgIpc) is 2.38. The predicted octanol–water partition coefficient (Wildman–Crippen LogP) is 1.65. The quantitative estimate of drug-likeness (QED) is 0.712. The zero-order valence-electron chi connectivity index (χ0n) is 11.5. The van der Waals surface area contributed by atoms with E-state index in [2.05, 4.69) is 6.92 Å². The molecule has 2 rings (SSSR count). The van der Waals surface area contributed by atoms with Gasteiger partial charge in [0.1, 0.15) is 0 Å². The maximum atomic E-state index is 12.5. The largest absolute Gasteiger partial charge is 0.342 e. The molecule has 2 atom stereocenters. The van der Waals surface area contributed by atoms with Crippen LogP contribution in [0.4, 0.5) is 0 Å². The van der Waals surface area contributed by atoms with Crippen LogP contribution in [0.25, 0.3) is 0 Å². The Morgan fingerprint density at radius 3 is 2.50 bits per heavy atom. The van der Waals surface area contributed by atoms with E-state index in [4.69, 9.17) is 0 Å². The number of carbonyl (C=O) groups excluding carboxylic acids is 2. The van der Waals surface area contributed by atoms with E-state index >= 15 is 0 Å². The Morgan fingerprint density at radius 1 is 1.06 bits per heavy atom. The number of likely N-dealkylation sites (tertiary alicyclic amines) is 2. The second-order valence-electron chi connectivity index (χ2n) is 5.68. The van der Waals surface area contributed by atoms with Crippen LogP contribution in [0.15, 0.2) is 0 Å². The summed E-state index contributed by atoms with van der Waals surface area (Å²) in [6, 6.07) is 0.374. The van der Waals surface area contributed by atoms with Gasteiger partial charge in [-0.3, -0.25) is 9.59 Å². The molecule has 2 fully saturated rings. The van der Waals surface area contributed by atoms with Gasteiger partial charge in [-0.2, -0.15) is 0 Å². The van der Waals surface area contributed by atoms with Crippen molar-refractivity contribution in [3.05, 3.63) is 0 Å². The van der Waals surface area contributed by atoms with Crippen LogP contribution in [0.1, 0.15) is 46.0 Å². The second kappa shape index (κ2) is 5.72. The lowest BCUT2D eigenvalue weighted by Crippen LogP contribution is -2.50. The first-order chi connectivity index (χ1) is 8.59. The third kappa shape index (κ3) is 2.85. The molecule has 2 amide bonds. The smallest absolute Gasteiger partial charge is 0.227 e. The molecule has 2 aliphatic rings. The zero-order chi connectivity index (χ0) is 13.1. The molecule has 0 N–H and O–H groups in total. The van der Waals surface area contributed by atoms with Crippen molar-refractivity contribution in [2.24, 2.45) is 5.92 Å². The molecule has 0 aromatic carbocycles. The third-order valence-corrected chi connectivity index (χ3v) is 4.30. The van der Waals surface area contributed by atoms with Crippen molar-refractivity contribution in [2.45, 2.75) is 52.0 Å². The number of amides is 2. The van der Waals surface area contributed by atoms with Crippen LogP contribution >= 0.6 is 0 Å². The van der Waals surface area contributed by atoms with E-state index in [1.54, 1.807) is 6.92 Å². The molecule has 0 aromatic heterocycles. The van der Waals surface area contributed by atoms with E-state index in [0.29, 0.717) is 12.6 Å². The highest BCUT2D eigenvalue weighted by atomic mass is 16.2. The van der Waals surface area contributed by atoms with E-state index in [-0.39, 0.29) is 17.7 Å². The maximum absolute atomic E-state index is 12.5. The number of carbonyl (C=O) groups is 2. The SMILES string of the molecule is CC(=O)N1CCCC(C(=O)N2CCCCC2C)C1. The Balaban J connectivity index is 1.97. The summed E-state index contributed by atoms with van der Waals surface area (Å²) >= 11 is 0. The molecule has 2 heterocycles.